The van der Waals surface area contributed by atoms with Crippen LogP contribution >= 0.6 is 0 Å². The number of halogens is 1. The second kappa shape index (κ2) is 4.42. The van der Waals surface area contributed by atoms with Crippen molar-refractivity contribution < 1.29 is 19.0 Å². The number of hydrogen-bond acceptors (Lipinski definition) is 3. The predicted octanol–water partition coefficient (Wildman–Crippen LogP) is 1.83. The van der Waals surface area contributed by atoms with Gasteiger partial charge in [-0.1, -0.05) is 0 Å². The Balaban J connectivity index is 2.61. The number of hydrogen-bond donors (Lipinski definition) is 1. The van der Waals surface area contributed by atoms with E-state index in [0.29, 0.717) is 0 Å². The lowest BCUT2D eigenvalue weighted by molar-refractivity contribution is -0.150. The van der Waals surface area contributed by atoms with Crippen molar-refractivity contribution >= 4 is 16.9 Å². The third-order valence-electron chi connectivity index (χ3n) is 3.12. The second-order valence-electron chi connectivity index (χ2n) is 4.20. The van der Waals surface area contributed by atoms with E-state index in [1.807, 2.05) is 24.6 Å². The fraction of sp³-hybridized carbons (Fsp3) is 0.308. The number of ether oxygens (including phenoxy) is 1. The first kappa shape index (κ1) is 12.6. The molecular weight excluding hydrogens is 237 g/mol. The Kier molecular flexibility index (Phi) is 3.09. The zero-order valence-electron chi connectivity index (χ0n) is 10.4. The number of aliphatic hydroxyl groups excluding tert-OH is 1. The van der Waals surface area contributed by atoms with Crippen molar-refractivity contribution in [1.29, 1.82) is 0 Å². The van der Waals surface area contributed by atoms with Crippen LogP contribution in [-0.4, -0.2) is 22.8 Å². The highest BCUT2D eigenvalue weighted by molar-refractivity contribution is 5.84. The van der Waals surface area contributed by atoms with Crippen molar-refractivity contribution in [2.45, 2.75) is 13.0 Å². The smallest absolute Gasteiger partial charge is 0.339 e. The molecule has 0 saturated carbocycles. The Hall–Kier alpha value is -1.88. The van der Waals surface area contributed by atoms with Crippen molar-refractivity contribution in [2.75, 3.05) is 7.11 Å². The van der Waals surface area contributed by atoms with Gasteiger partial charge in [-0.05, 0) is 25.1 Å². The highest BCUT2D eigenvalue weighted by Gasteiger charge is 2.22. The molecule has 5 heteroatoms. The molecule has 1 aromatic heterocycles. The summed E-state index contributed by atoms with van der Waals surface area (Å²) in [6, 6.07) is 4.62. The van der Waals surface area contributed by atoms with Crippen LogP contribution in [0.3, 0.4) is 0 Å². The average Bonchev–Trinajstić information content (AvgIpc) is 2.62. The number of aromatic nitrogens is 1. The van der Waals surface area contributed by atoms with Crippen LogP contribution in [0.5, 0.6) is 0 Å². The van der Waals surface area contributed by atoms with Gasteiger partial charge in [0.05, 0.1) is 7.11 Å². The molecule has 96 valence electrons. The van der Waals surface area contributed by atoms with Crippen molar-refractivity contribution in [3.05, 3.63) is 35.3 Å². The first-order chi connectivity index (χ1) is 8.45. The highest BCUT2D eigenvalue weighted by atomic mass is 19.1. The van der Waals surface area contributed by atoms with Gasteiger partial charge in [-0.15, -0.1) is 0 Å². The largest absolute Gasteiger partial charge is 0.467 e. The first-order valence-corrected chi connectivity index (χ1v) is 5.47. The summed E-state index contributed by atoms with van der Waals surface area (Å²) in [5.74, 6) is -1.50. The number of benzene rings is 1. The van der Waals surface area contributed by atoms with Gasteiger partial charge in [0, 0.05) is 29.2 Å². The minimum absolute atomic E-state index is 0.0736. The van der Waals surface area contributed by atoms with Gasteiger partial charge in [-0.25, -0.2) is 9.18 Å². The number of rotatable bonds is 2. The van der Waals surface area contributed by atoms with E-state index < -0.39 is 17.9 Å². The number of carbonyl (C=O) groups excluding carboxylic acids is 1. The molecule has 18 heavy (non-hydrogen) atoms. The minimum atomic E-state index is -1.60. The van der Waals surface area contributed by atoms with Crippen LogP contribution in [0.25, 0.3) is 10.9 Å². The van der Waals surface area contributed by atoms with Gasteiger partial charge in [0.1, 0.15) is 5.82 Å². The maximum absolute atomic E-state index is 13.8. The summed E-state index contributed by atoms with van der Waals surface area (Å²) in [4.78, 5) is 11.2. The molecule has 0 aliphatic heterocycles. The van der Waals surface area contributed by atoms with Gasteiger partial charge in [0.2, 0.25) is 0 Å². The van der Waals surface area contributed by atoms with Crippen molar-refractivity contribution in [2.24, 2.45) is 7.05 Å². The van der Waals surface area contributed by atoms with E-state index in [2.05, 4.69) is 4.74 Å². The molecule has 2 rings (SSSR count). The molecule has 2 aromatic rings. The molecule has 1 atom stereocenters. The summed E-state index contributed by atoms with van der Waals surface area (Å²) in [6.07, 6.45) is -1.60. The Bertz CT molecular complexity index is 618. The van der Waals surface area contributed by atoms with Crippen molar-refractivity contribution in [3.8, 4) is 0 Å². The molecule has 0 bridgehead atoms. The van der Waals surface area contributed by atoms with Crippen molar-refractivity contribution in [1.82, 2.24) is 4.57 Å². The number of esters is 1. The zero-order chi connectivity index (χ0) is 13.4. The number of aliphatic hydroxyl groups is 1. The van der Waals surface area contributed by atoms with E-state index in [-0.39, 0.29) is 5.56 Å². The lowest BCUT2D eigenvalue weighted by atomic mass is 10.1. The van der Waals surface area contributed by atoms with Crippen LogP contribution < -0.4 is 0 Å². The molecule has 1 heterocycles. The van der Waals surface area contributed by atoms with Gasteiger partial charge in [0.15, 0.2) is 6.10 Å². The van der Waals surface area contributed by atoms with E-state index in [9.17, 15) is 14.3 Å². The molecule has 4 nitrogen and oxygen atoms in total. The molecule has 0 fully saturated rings. The van der Waals surface area contributed by atoms with Crippen LogP contribution in [-0.2, 0) is 16.6 Å². The first-order valence-electron chi connectivity index (χ1n) is 5.47. The number of methoxy groups -OCH3 is 1. The summed E-state index contributed by atoms with van der Waals surface area (Å²) < 4.78 is 20.1. The van der Waals surface area contributed by atoms with E-state index >= 15 is 0 Å². The maximum atomic E-state index is 13.8. The molecule has 0 radical (unpaired) electrons. The normalized spacial score (nSPS) is 12.7. The van der Waals surface area contributed by atoms with Crippen molar-refractivity contribution in [3.63, 3.8) is 0 Å². The van der Waals surface area contributed by atoms with Crippen LogP contribution in [0.1, 0.15) is 17.4 Å². The molecule has 0 saturated heterocycles. The van der Waals surface area contributed by atoms with Crippen LogP contribution in [0.4, 0.5) is 4.39 Å². The Morgan fingerprint density at radius 2 is 2.11 bits per heavy atom. The van der Waals surface area contributed by atoms with Gasteiger partial charge in [-0.3, -0.25) is 0 Å². The van der Waals surface area contributed by atoms with Gasteiger partial charge in [0.25, 0.3) is 0 Å². The molecule has 0 aliphatic rings. The summed E-state index contributed by atoms with van der Waals surface area (Å²) in [5, 5.41) is 10.4. The van der Waals surface area contributed by atoms with Crippen LogP contribution in [0, 0.1) is 12.7 Å². The third kappa shape index (κ3) is 1.86. The summed E-state index contributed by atoms with van der Waals surface area (Å²) in [5.41, 5.74) is 1.65. The Morgan fingerprint density at radius 1 is 1.44 bits per heavy atom. The standard InChI is InChI=1S/C13H14FNO3/c1-7-4-8-5-10(14)9(6-11(8)15(7)2)12(16)13(17)18-3/h4-6,12,16H,1-3H3. The number of carbonyl (C=O) groups is 1. The molecule has 0 amide bonds. The van der Waals surface area contributed by atoms with E-state index in [0.717, 1.165) is 23.7 Å². The lowest BCUT2D eigenvalue weighted by Gasteiger charge is -2.10. The molecule has 1 unspecified atom stereocenters. The maximum Gasteiger partial charge on any atom is 0.339 e. The van der Waals surface area contributed by atoms with Gasteiger partial charge >= 0.3 is 5.97 Å². The summed E-state index contributed by atoms with van der Waals surface area (Å²) >= 11 is 0. The predicted molar refractivity (Wildman–Crippen MR) is 64.6 cm³/mol. The topological polar surface area (TPSA) is 51.5 Å². The lowest BCUT2D eigenvalue weighted by Crippen LogP contribution is -2.15. The van der Waals surface area contributed by atoms with Crippen LogP contribution in [0.2, 0.25) is 0 Å². The summed E-state index contributed by atoms with van der Waals surface area (Å²) in [6.45, 7) is 1.90. The Labute approximate surface area is 104 Å². The van der Waals surface area contributed by atoms with Gasteiger partial charge < -0.3 is 14.4 Å². The molecule has 1 aromatic carbocycles. The highest BCUT2D eigenvalue weighted by Crippen LogP contribution is 2.26. The third-order valence-corrected chi connectivity index (χ3v) is 3.12. The summed E-state index contributed by atoms with van der Waals surface area (Å²) in [7, 11) is 2.98. The number of nitrogens with zero attached hydrogens (tertiary/aromatic N) is 1. The molecule has 0 spiro atoms. The Morgan fingerprint density at radius 3 is 2.72 bits per heavy atom. The van der Waals surface area contributed by atoms with E-state index in [1.165, 1.54) is 12.1 Å². The quantitative estimate of drug-likeness (QED) is 0.828. The molecule has 0 aliphatic carbocycles. The zero-order valence-corrected chi connectivity index (χ0v) is 10.4. The van der Waals surface area contributed by atoms with Crippen LogP contribution in [0.15, 0.2) is 18.2 Å². The fourth-order valence-corrected chi connectivity index (χ4v) is 1.96. The van der Waals surface area contributed by atoms with Gasteiger partial charge in [-0.2, -0.15) is 0 Å². The SMILES string of the molecule is COC(=O)C(O)c1cc2c(cc1F)cc(C)n2C. The van der Waals surface area contributed by atoms with E-state index in [4.69, 9.17) is 0 Å². The number of fused-ring (bicyclic) bond motifs is 1. The molecular formula is C13H14FNO3. The second-order valence-corrected chi connectivity index (χ2v) is 4.20. The monoisotopic (exact) mass is 251 g/mol. The fourth-order valence-electron chi connectivity index (χ4n) is 1.96. The number of aryl methyl sites for hydroxylation is 2. The minimum Gasteiger partial charge on any atom is -0.467 e. The molecule has 1 N–H and O–H groups in total. The van der Waals surface area contributed by atoms with E-state index in [1.54, 1.807) is 0 Å². The average molecular weight is 251 g/mol.